The molecule has 2 heteroatoms. The van der Waals surface area contributed by atoms with Crippen LogP contribution in [-0.2, 0) is 6.42 Å². The summed E-state index contributed by atoms with van der Waals surface area (Å²) in [5.74, 6) is 1.08. The topological polar surface area (TPSA) is 33.1 Å². The molecular weight excluding hydrogens is 234 g/mol. The zero-order valence-corrected chi connectivity index (χ0v) is 12.7. The molecule has 1 fully saturated rings. The average Bonchev–Trinajstić information content (AvgIpc) is 2.33. The largest absolute Gasteiger partial charge is 0.393 e. The summed E-state index contributed by atoms with van der Waals surface area (Å²) >= 11 is 0. The van der Waals surface area contributed by atoms with Crippen molar-refractivity contribution in [1.82, 2.24) is 4.98 Å². The predicted molar refractivity (Wildman–Crippen MR) is 79.0 cm³/mol. The number of rotatable bonds is 2. The smallest absolute Gasteiger partial charge is 0.0572 e. The van der Waals surface area contributed by atoms with Gasteiger partial charge in [0.25, 0.3) is 0 Å². The van der Waals surface area contributed by atoms with Crippen LogP contribution in [0, 0.1) is 24.2 Å². The van der Waals surface area contributed by atoms with Gasteiger partial charge in [-0.2, -0.15) is 0 Å². The molecule has 19 heavy (non-hydrogen) atoms. The second-order valence-electron chi connectivity index (χ2n) is 7.17. The summed E-state index contributed by atoms with van der Waals surface area (Å²) in [6.07, 6.45) is 5.85. The summed E-state index contributed by atoms with van der Waals surface area (Å²) in [6.45, 7) is 9.06. The van der Waals surface area contributed by atoms with Gasteiger partial charge < -0.3 is 5.11 Å². The van der Waals surface area contributed by atoms with Crippen LogP contribution in [0.2, 0.25) is 0 Å². The molecule has 106 valence electrons. The maximum atomic E-state index is 10.3. The van der Waals surface area contributed by atoms with Gasteiger partial charge in [-0.1, -0.05) is 26.8 Å². The molecule has 1 saturated carbocycles. The first-order valence-corrected chi connectivity index (χ1v) is 7.46. The standard InChI is InChI=1S/C17H27NO/c1-12-6-5-9-18-15(12)11-13-10-14(17(2,3)4)7-8-16(13)19/h5-6,9,13-14,16,19H,7-8,10-11H2,1-4H3. The van der Waals surface area contributed by atoms with E-state index >= 15 is 0 Å². The van der Waals surface area contributed by atoms with Gasteiger partial charge in [-0.05, 0) is 61.5 Å². The number of aryl methyl sites for hydroxylation is 1. The molecule has 1 N–H and O–H groups in total. The second-order valence-corrected chi connectivity index (χ2v) is 7.17. The van der Waals surface area contributed by atoms with Crippen molar-refractivity contribution >= 4 is 0 Å². The molecule has 1 aliphatic carbocycles. The van der Waals surface area contributed by atoms with Gasteiger partial charge in [0, 0.05) is 11.9 Å². The Balaban J connectivity index is 2.08. The highest BCUT2D eigenvalue weighted by Gasteiger charge is 2.35. The lowest BCUT2D eigenvalue weighted by Crippen LogP contribution is -2.35. The quantitative estimate of drug-likeness (QED) is 0.879. The zero-order chi connectivity index (χ0) is 14.0. The maximum absolute atomic E-state index is 10.3. The van der Waals surface area contributed by atoms with Crippen molar-refractivity contribution in [3.8, 4) is 0 Å². The third-order valence-corrected chi connectivity index (χ3v) is 4.74. The Labute approximate surface area is 117 Å². The van der Waals surface area contributed by atoms with E-state index in [0.717, 1.165) is 31.4 Å². The van der Waals surface area contributed by atoms with Gasteiger partial charge in [0.15, 0.2) is 0 Å². The summed E-state index contributed by atoms with van der Waals surface area (Å²) in [4.78, 5) is 4.48. The molecule has 0 amide bonds. The van der Waals surface area contributed by atoms with Crippen LogP contribution in [-0.4, -0.2) is 16.2 Å². The van der Waals surface area contributed by atoms with E-state index in [1.807, 2.05) is 12.3 Å². The molecule has 0 aliphatic heterocycles. The molecule has 1 aliphatic rings. The Kier molecular flexibility index (Phi) is 4.29. The number of aliphatic hydroxyl groups excluding tert-OH is 1. The predicted octanol–water partition coefficient (Wildman–Crippen LogP) is 3.76. The fraction of sp³-hybridized carbons (Fsp3) is 0.706. The second kappa shape index (κ2) is 5.62. The number of hydrogen-bond acceptors (Lipinski definition) is 2. The molecule has 2 rings (SSSR count). The molecule has 1 aromatic heterocycles. The monoisotopic (exact) mass is 261 g/mol. The summed E-state index contributed by atoms with van der Waals surface area (Å²) in [5, 5.41) is 10.3. The molecular formula is C17H27NO. The van der Waals surface area contributed by atoms with Gasteiger partial charge >= 0.3 is 0 Å². The van der Waals surface area contributed by atoms with Gasteiger partial charge in [0.1, 0.15) is 0 Å². The van der Waals surface area contributed by atoms with Crippen molar-refractivity contribution in [2.24, 2.45) is 17.3 Å². The van der Waals surface area contributed by atoms with Gasteiger partial charge in [-0.3, -0.25) is 4.98 Å². The summed E-state index contributed by atoms with van der Waals surface area (Å²) in [6, 6.07) is 4.09. The minimum absolute atomic E-state index is 0.153. The molecule has 0 aromatic carbocycles. The van der Waals surface area contributed by atoms with Crippen LogP contribution in [0.15, 0.2) is 18.3 Å². The Bertz CT molecular complexity index is 422. The van der Waals surface area contributed by atoms with Crippen molar-refractivity contribution in [2.45, 2.75) is 59.5 Å². The Morgan fingerprint density at radius 1 is 1.32 bits per heavy atom. The summed E-state index contributed by atoms with van der Waals surface area (Å²) in [5.41, 5.74) is 2.74. The lowest BCUT2D eigenvalue weighted by molar-refractivity contribution is 0.0192. The number of aliphatic hydroxyl groups is 1. The van der Waals surface area contributed by atoms with Crippen LogP contribution in [0.1, 0.15) is 51.3 Å². The van der Waals surface area contributed by atoms with Crippen molar-refractivity contribution in [1.29, 1.82) is 0 Å². The fourth-order valence-corrected chi connectivity index (χ4v) is 3.23. The SMILES string of the molecule is Cc1cccnc1CC1CC(C(C)(C)C)CCC1O. The van der Waals surface area contributed by atoms with E-state index in [4.69, 9.17) is 0 Å². The van der Waals surface area contributed by atoms with Gasteiger partial charge in [0.2, 0.25) is 0 Å². The lowest BCUT2D eigenvalue weighted by Gasteiger charge is -2.40. The van der Waals surface area contributed by atoms with Crippen molar-refractivity contribution < 1.29 is 5.11 Å². The minimum Gasteiger partial charge on any atom is -0.393 e. The maximum Gasteiger partial charge on any atom is 0.0572 e. The lowest BCUT2D eigenvalue weighted by atomic mass is 9.67. The molecule has 1 aromatic rings. The molecule has 2 nitrogen and oxygen atoms in total. The number of pyridine rings is 1. The van der Waals surface area contributed by atoms with Gasteiger partial charge in [-0.15, -0.1) is 0 Å². The molecule has 3 unspecified atom stereocenters. The van der Waals surface area contributed by atoms with E-state index in [1.54, 1.807) is 0 Å². The number of aromatic nitrogens is 1. The van der Waals surface area contributed by atoms with Crippen molar-refractivity contribution in [3.63, 3.8) is 0 Å². The summed E-state index contributed by atoms with van der Waals surface area (Å²) in [7, 11) is 0. The number of nitrogens with zero attached hydrogens (tertiary/aromatic N) is 1. The molecule has 0 bridgehead atoms. The van der Waals surface area contributed by atoms with Crippen LogP contribution in [0.5, 0.6) is 0 Å². The van der Waals surface area contributed by atoms with Crippen LogP contribution >= 0.6 is 0 Å². The molecule has 0 saturated heterocycles. The van der Waals surface area contributed by atoms with Crippen LogP contribution < -0.4 is 0 Å². The molecule has 0 radical (unpaired) electrons. The first-order valence-electron chi connectivity index (χ1n) is 7.46. The molecule has 0 spiro atoms. The van der Waals surface area contributed by atoms with E-state index in [1.165, 1.54) is 5.56 Å². The first kappa shape index (κ1) is 14.5. The van der Waals surface area contributed by atoms with E-state index in [0.29, 0.717) is 17.3 Å². The third kappa shape index (κ3) is 3.56. The zero-order valence-electron chi connectivity index (χ0n) is 12.7. The fourth-order valence-electron chi connectivity index (χ4n) is 3.23. The van der Waals surface area contributed by atoms with Gasteiger partial charge in [-0.25, -0.2) is 0 Å². The average molecular weight is 261 g/mol. The van der Waals surface area contributed by atoms with Crippen molar-refractivity contribution in [3.05, 3.63) is 29.6 Å². The van der Waals surface area contributed by atoms with E-state index in [-0.39, 0.29) is 6.10 Å². The van der Waals surface area contributed by atoms with E-state index in [9.17, 15) is 5.11 Å². The normalized spacial score (nSPS) is 28.4. The van der Waals surface area contributed by atoms with E-state index in [2.05, 4.69) is 38.7 Å². The Hall–Kier alpha value is -0.890. The minimum atomic E-state index is -0.153. The summed E-state index contributed by atoms with van der Waals surface area (Å²) < 4.78 is 0. The highest BCUT2D eigenvalue weighted by molar-refractivity contribution is 5.18. The Morgan fingerprint density at radius 3 is 2.68 bits per heavy atom. The first-order chi connectivity index (χ1) is 8.88. The van der Waals surface area contributed by atoms with Crippen molar-refractivity contribution in [2.75, 3.05) is 0 Å². The van der Waals surface area contributed by atoms with Crippen LogP contribution in [0.3, 0.4) is 0 Å². The van der Waals surface area contributed by atoms with Crippen LogP contribution in [0.25, 0.3) is 0 Å². The molecule has 3 atom stereocenters. The van der Waals surface area contributed by atoms with E-state index < -0.39 is 0 Å². The van der Waals surface area contributed by atoms with Gasteiger partial charge in [0.05, 0.1) is 6.10 Å². The van der Waals surface area contributed by atoms with Crippen LogP contribution in [0.4, 0.5) is 0 Å². The Morgan fingerprint density at radius 2 is 2.05 bits per heavy atom. The highest BCUT2D eigenvalue weighted by Crippen LogP contribution is 2.41. The highest BCUT2D eigenvalue weighted by atomic mass is 16.3. The molecule has 1 heterocycles. The third-order valence-electron chi connectivity index (χ3n) is 4.74. The number of hydrogen-bond donors (Lipinski definition) is 1.